The minimum atomic E-state index is -4.42. The summed E-state index contributed by atoms with van der Waals surface area (Å²) in [6.07, 6.45) is 2.72. The number of alkyl halides is 3. The molecule has 2 fully saturated rings. The van der Waals surface area contributed by atoms with Crippen LogP contribution in [-0.4, -0.2) is 44.9 Å². The van der Waals surface area contributed by atoms with E-state index in [0.717, 1.165) is 42.7 Å². The number of anilines is 1. The Morgan fingerprint density at radius 3 is 2.53 bits per heavy atom. The van der Waals surface area contributed by atoms with Crippen molar-refractivity contribution in [3.8, 4) is 11.4 Å². The maximum absolute atomic E-state index is 13.8. The van der Waals surface area contributed by atoms with Gasteiger partial charge in [-0.2, -0.15) is 13.2 Å². The molecule has 1 N–H and O–H groups in total. The van der Waals surface area contributed by atoms with Gasteiger partial charge in [0.25, 0.3) is 5.91 Å². The van der Waals surface area contributed by atoms with Gasteiger partial charge in [0.15, 0.2) is 5.82 Å². The summed E-state index contributed by atoms with van der Waals surface area (Å²) in [6.45, 7) is 3.01. The van der Waals surface area contributed by atoms with E-state index in [1.165, 1.54) is 6.07 Å². The standard InChI is InChI=1S/C25H24F3N5O/c1-16-4-2-5-19(21(16)22-29-10-3-11-30-22)23(34)33-15-24(8-9-24)12-18(33)14-32-20-7-6-17(13-31-20)25(26,27)28/h2-7,10-11,13,18H,8-9,12,14-15H2,1H3,(H,31,32)/t18-/m0/s1. The number of hydrogen-bond donors (Lipinski definition) is 1. The molecule has 176 valence electrons. The van der Waals surface area contributed by atoms with E-state index in [-0.39, 0.29) is 17.4 Å². The molecule has 1 saturated carbocycles. The molecule has 6 nitrogen and oxygen atoms in total. The normalized spacial score (nSPS) is 18.8. The third-order valence-corrected chi connectivity index (χ3v) is 6.74. The molecule has 2 aliphatic rings. The van der Waals surface area contributed by atoms with Crippen LogP contribution in [0.2, 0.25) is 0 Å². The second kappa shape index (κ2) is 8.38. The van der Waals surface area contributed by atoms with Crippen LogP contribution in [0.3, 0.4) is 0 Å². The number of aryl methyl sites for hydroxylation is 1. The molecule has 1 aromatic carbocycles. The molecule has 2 aromatic heterocycles. The fourth-order valence-electron chi connectivity index (χ4n) is 4.74. The molecule has 0 radical (unpaired) electrons. The lowest BCUT2D eigenvalue weighted by Crippen LogP contribution is -2.40. The number of likely N-dealkylation sites (tertiary alicyclic amines) is 1. The average molecular weight is 467 g/mol. The van der Waals surface area contributed by atoms with Gasteiger partial charge in [0.2, 0.25) is 0 Å². The van der Waals surface area contributed by atoms with Crippen LogP contribution in [-0.2, 0) is 6.18 Å². The monoisotopic (exact) mass is 467 g/mol. The van der Waals surface area contributed by atoms with Gasteiger partial charge in [0.1, 0.15) is 5.82 Å². The zero-order chi connectivity index (χ0) is 23.9. The molecule has 1 aliphatic heterocycles. The number of aromatic nitrogens is 3. The Bertz CT molecular complexity index is 1190. The summed E-state index contributed by atoms with van der Waals surface area (Å²) in [5.74, 6) is 0.779. The van der Waals surface area contributed by atoms with Gasteiger partial charge < -0.3 is 10.2 Å². The number of benzene rings is 1. The highest BCUT2D eigenvalue weighted by atomic mass is 19.4. The molecular formula is C25H24F3N5O. The first-order valence-corrected chi connectivity index (χ1v) is 11.2. The van der Waals surface area contributed by atoms with Gasteiger partial charge in [0, 0.05) is 43.3 Å². The SMILES string of the molecule is Cc1cccc(C(=O)N2CC3(CC3)C[C@H]2CNc2ccc(C(F)(F)F)cn2)c1-c1ncccn1. The highest BCUT2D eigenvalue weighted by molar-refractivity contribution is 6.01. The number of hydrogen-bond acceptors (Lipinski definition) is 5. The van der Waals surface area contributed by atoms with Crippen LogP contribution in [0.15, 0.2) is 55.0 Å². The van der Waals surface area contributed by atoms with Gasteiger partial charge in [-0.25, -0.2) is 15.0 Å². The lowest BCUT2D eigenvalue weighted by atomic mass is 9.99. The zero-order valence-corrected chi connectivity index (χ0v) is 18.6. The Balaban J connectivity index is 1.38. The largest absolute Gasteiger partial charge is 0.417 e. The number of rotatable bonds is 5. The number of halogens is 3. The first-order valence-electron chi connectivity index (χ1n) is 11.2. The van der Waals surface area contributed by atoms with Crippen LogP contribution >= 0.6 is 0 Å². The van der Waals surface area contributed by atoms with Crippen molar-refractivity contribution in [2.75, 3.05) is 18.4 Å². The van der Waals surface area contributed by atoms with E-state index in [0.29, 0.717) is 30.3 Å². The predicted molar refractivity (Wildman–Crippen MR) is 121 cm³/mol. The predicted octanol–water partition coefficient (Wildman–Crippen LogP) is 4.97. The molecule has 1 saturated heterocycles. The van der Waals surface area contributed by atoms with Gasteiger partial charge in [-0.15, -0.1) is 0 Å². The van der Waals surface area contributed by atoms with Gasteiger partial charge in [-0.3, -0.25) is 4.79 Å². The second-order valence-corrected chi connectivity index (χ2v) is 9.17. The van der Waals surface area contributed by atoms with E-state index in [2.05, 4.69) is 20.3 Å². The number of carbonyl (C=O) groups is 1. The lowest BCUT2D eigenvalue weighted by molar-refractivity contribution is -0.137. The topological polar surface area (TPSA) is 71.0 Å². The third kappa shape index (κ3) is 4.34. The number of nitrogens with zero attached hydrogens (tertiary/aromatic N) is 4. The van der Waals surface area contributed by atoms with Gasteiger partial charge in [0.05, 0.1) is 11.1 Å². The van der Waals surface area contributed by atoms with E-state index in [1.54, 1.807) is 24.5 Å². The Morgan fingerprint density at radius 2 is 1.88 bits per heavy atom. The average Bonchev–Trinajstić information content (AvgIpc) is 3.48. The van der Waals surface area contributed by atoms with Crippen LogP contribution in [0.4, 0.5) is 19.0 Å². The molecule has 3 aromatic rings. The van der Waals surface area contributed by atoms with E-state index in [1.807, 2.05) is 24.0 Å². The summed E-state index contributed by atoms with van der Waals surface area (Å²) >= 11 is 0. The van der Waals surface area contributed by atoms with Gasteiger partial charge >= 0.3 is 6.18 Å². The van der Waals surface area contributed by atoms with Crippen molar-refractivity contribution in [1.29, 1.82) is 0 Å². The van der Waals surface area contributed by atoms with Crippen molar-refractivity contribution < 1.29 is 18.0 Å². The van der Waals surface area contributed by atoms with E-state index >= 15 is 0 Å². The molecule has 0 bridgehead atoms. The molecule has 0 unspecified atom stereocenters. The molecule has 3 heterocycles. The van der Waals surface area contributed by atoms with Crippen molar-refractivity contribution in [2.45, 2.75) is 38.4 Å². The van der Waals surface area contributed by atoms with Crippen molar-refractivity contribution >= 4 is 11.7 Å². The fraction of sp³-hybridized carbons (Fsp3) is 0.360. The van der Waals surface area contributed by atoms with Crippen molar-refractivity contribution in [3.63, 3.8) is 0 Å². The van der Waals surface area contributed by atoms with Crippen LogP contribution in [0, 0.1) is 12.3 Å². The van der Waals surface area contributed by atoms with Gasteiger partial charge in [-0.1, -0.05) is 12.1 Å². The second-order valence-electron chi connectivity index (χ2n) is 9.17. The van der Waals surface area contributed by atoms with Crippen LogP contribution < -0.4 is 5.32 Å². The summed E-state index contributed by atoms with van der Waals surface area (Å²) in [6, 6.07) is 9.57. The molecule has 1 aliphatic carbocycles. The Hall–Kier alpha value is -3.49. The minimum Gasteiger partial charge on any atom is -0.368 e. The molecule has 5 rings (SSSR count). The number of amides is 1. The summed E-state index contributed by atoms with van der Waals surface area (Å²) in [7, 11) is 0. The number of nitrogens with one attached hydrogen (secondary N) is 1. The Labute approximate surface area is 195 Å². The van der Waals surface area contributed by atoms with Crippen LogP contribution in [0.1, 0.15) is 40.7 Å². The molecule has 1 spiro atoms. The van der Waals surface area contributed by atoms with E-state index in [4.69, 9.17) is 0 Å². The quantitative estimate of drug-likeness (QED) is 0.574. The van der Waals surface area contributed by atoms with Crippen molar-refractivity contribution in [2.24, 2.45) is 5.41 Å². The number of pyridine rings is 1. The van der Waals surface area contributed by atoms with E-state index < -0.39 is 11.7 Å². The van der Waals surface area contributed by atoms with Crippen molar-refractivity contribution in [1.82, 2.24) is 19.9 Å². The van der Waals surface area contributed by atoms with Crippen molar-refractivity contribution in [3.05, 3.63) is 71.7 Å². The van der Waals surface area contributed by atoms with E-state index in [9.17, 15) is 18.0 Å². The summed E-state index contributed by atoms with van der Waals surface area (Å²) in [5, 5.41) is 3.13. The molecule has 1 amide bonds. The molecule has 1 atom stereocenters. The first kappa shape index (κ1) is 22.3. The maximum atomic E-state index is 13.8. The van der Waals surface area contributed by atoms with Crippen LogP contribution in [0.5, 0.6) is 0 Å². The Kier molecular flexibility index (Phi) is 5.50. The molecule has 34 heavy (non-hydrogen) atoms. The fourth-order valence-corrected chi connectivity index (χ4v) is 4.74. The van der Waals surface area contributed by atoms with Gasteiger partial charge in [-0.05, 0) is 61.4 Å². The number of carbonyl (C=O) groups excluding carboxylic acids is 1. The maximum Gasteiger partial charge on any atom is 0.417 e. The molecule has 9 heteroatoms. The summed E-state index contributed by atoms with van der Waals surface area (Å²) in [4.78, 5) is 28.3. The first-order chi connectivity index (χ1) is 16.3. The third-order valence-electron chi connectivity index (χ3n) is 6.74. The summed E-state index contributed by atoms with van der Waals surface area (Å²) in [5.41, 5.74) is 1.55. The highest BCUT2D eigenvalue weighted by Gasteiger charge is 2.53. The minimum absolute atomic E-state index is 0.0814. The Morgan fingerprint density at radius 1 is 1.12 bits per heavy atom. The zero-order valence-electron chi connectivity index (χ0n) is 18.6. The summed E-state index contributed by atoms with van der Waals surface area (Å²) < 4.78 is 38.4. The van der Waals surface area contributed by atoms with Crippen LogP contribution in [0.25, 0.3) is 11.4 Å². The lowest BCUT2D eigenvalue weighted by Gasteiger charge is -2.26. The highest BCUT2D eigenvalue weighted by Crippen LogP contribution is 2.55. The smallest absolute Gasteiger partial charge is 0.368 e. The molecular weight excluding hydrogens is 443 g/mol.